The van der Waals surface area contributed by atoms with Crippen LogP contribution in [-0.4, -0.2) is 57.0 Å². The molecular formula is C26H24F3N3O3S. The van der Waals surface area contributed by atoms with Crippen molar-refractivity contribution >= 4 is 17.7 Å². The number of aliphatic hydroxyl groups is 1. The van der Waals surface area contributed by atoms with Gasteiger partial charge in [-0.1, -0.05) is 42.5 Å². The average Bonchev–Trinajstić information content (AvgIpc) is 3.64. The number of carbonyl (C=O) groups is 1. The minimum Gasteiger partial charge on any atom is -0.507 e. The maximum Gasteiger partial charge on any atom is 0.408 e. The Labute approximate surface area is 210 Å². The highest BCUT2D eigenvalue weighted by atomic mass is 32.2. The number of aliphatic hydroxyl groups excluding tert-OH is 1. The highest BCUT2D eigenvalue weighted by Gasteiger charge is 2.57. The SMILES string of the molecule is C[C@H]1Sc2ccccc2[C@H](N2CN([C@H](C)C(F)(F)F)C(=O)C3=C(O)C4(C=CN32)CO4)c2ccccc21. The zero-order chi connectivity index (χ0) is 25.4. The van der Waals surface area contributed by atoms with E-state index >= 15 is 0 Å². The Bertz CT molecular complexity index is 1310. The molecule has 36 heavy (non-hydrogen) atoms. The van der Waals surface area contributed by atoms with Gasteiger partial charge in [-0.25, -0.2) is 0 Å². The fourth-order valence-electron chi connectivity index (χ4n) is 5.17. The van der Waals surface area contributed by atoms with E-state index in [4.69, 9.17) is 4.74 Å². The van der Waals surface area contributed by atoms with E-state index in [2.05, 4.69) is 6.92 Å². The molecule has 1 amide bonds. The molecule has 1 spiro atoms. The number of hydrogen-bond donors (Lipinski definition) is 1. The van der Waals surface area contributed by atoms with Crippen LogP contribution in [0.3, 0.4) is 0 Å². The molecule has 10 heteroatoms. The standard InChI is InChI=1S/C26H24F3N3O3S/c1-15-17-7-3-4-8-18(17)21(19-9-5-6-10-20(19)36-15)32-14-30(16(2)26(27,28)29)24(34)22-23(33)25(13-35-25)11-12-31(22)32/h3-12,15-16,21,33H,13-14H2,1-2H3/t15-,16-,21-,25?/m1/s1. The lowest BCUT2D eigenvalue weighted by atomic mass is 9.92. The summed E-state index contributed by atoms with van der Waals surface area (Å²) in [6.45, 7) is 2.92. The lowest BCUT2D eigenvalue weighted by Gasteiger charge is -2.50. The Morgan fingerprint density at radius 1 is 1.11 bits per heavy atom. The molecule has 4 aliphatic rings. The number of carbonyl (C=O) groups excluding carboxylic acids is 1. The van der Waals surface area contributed by atoms with E-state index in [1.54, 1.807) is 29.0 Å². The molecule has 0 aromatic heterocycles. The second kappa shape index (κ2) is 8.03. The molecule has 188 valence electrons. The zero-order valence-corrected chi connectivity index (χ0v) is 20.4. The van der Waals surface area contributed by atoms with Crippen LogP contribution in [0.2, 0.25) is 0 Å². The number of halogens is 3. The third kappa shape index (κ3) is 3.46. The Morgan fingerprint density at radius 2 is 1.75 bits per heavy atom. The maximum atomic E-state index is 13.9. The molecule has 2 aromatic rings. The number of benzene rings is 2. The lowest BCUT2D eigenvalue weighted by Crippen LogP contribution is -2.62. The smallest absolute Gasteiger partial charge is 0.408 e. The van der Waals surface area contributed by atoms with E-state index < -0.39 is 29.8 Å². The van der Waals surface area contributed by atoms with Gasteiger partial charge in [0.15, 0.2) is 17.1 Å². The quantitative estimate of drug-likeness (QED) is 0.550. The van der Waals surface area contributed by atoms with E-state index in [-0.39, 0.29) is 30.0 Å². The second-order valence-corrected chi connectivity index (χ2v) is 10.8. The van der Waals surface area contributed by atoms with E-state index in [0.29, 0.717) is 0 Å². The first-order valence-electron chi connectivity index (χ1n) is 11.7. The largest absolute Gasteiger partial charge is 0.507 e. The molecule has 0 bridgehead atoms. The van der Waals surface area contributed by atoms with Crippen molar-refractivity contribution in [2.24, 2.45) is 0 Å². The van der Waals surface area contributed by atoms with Crippen molar-refractivity contribution in [3.05, 3.63) is 89.0 Å². The number of epoxide rings is 1. The van der Waals surface area contributed by atoms with Gasteiger partial charge in [-0.05, 0) is 42.7 Å². The molecule has 2 fully saturated rings. The highest BCUT2D eigenvalue weighted by molar-refractivity contribution is 7.99. The van der Waals surface area contributed by atoms with Crippen LogP contribution in [0.5, 0.6) is 0 Å². The van der Waals surface area contributed by atoms with Gasteiger partial charge in [0.25, 0.3) is 5.91 Å². The van der Waals surface area contributed by atoms with Gasteiger partial charge in [0.2, 0.25) is 0 Å². The van der Waals surface area contributed by atoms with Crippen LogP contribution in [0.25, 0.3) is 0 Å². The minimum atomic E-state index is -4.64. The third-order valence-corrected chi connectivity index (χ3v) is 8.55. The Kier molecular flexibility index (Phi) is 5.23. The van der Waals surface area contributed by atoms with Crippen LogP contribution in [0.4, 0.5) is 13.2 Å². The van der Waals surface area contributed by atoms with Gasteiger partial charge in [-0.3, -0.25) is 9.80 Å². The summed E-state index contributed by atoms with van der Waals surface area (Å²) in [6.07, 6.45) is -1.36. The molecule has 2 aromatic carbocycles. The summed E-state index contributed by atoms with van der Waals surface area (Å²) >= 11 is 1.69. The lowest BCUT2D eigenvalue weighted by molar-refractivity contribution is -0.204. The third-order valence-electron chi connectivity index (χ3n) is 7.32. The first kappa shape index (κ1) is 23.4. The molecule has 0 radical (unpaired) electrons. The van der Waals surface area contributed by atoms with Gasteiger partial charge in [0, 0.05) is 16.3 Å². The van der Waals surface area contributed by atoms with E-state index in [0.717, 1.165) is 33.4 Å². The molecule has 2 saturated heterocycles. The van der Waals surface area contributed by atoms with Crippen molar-refractivity contribution < 1.29 is 27.8 Å². The van der Waals surface area contributed by atoms with Crippen molar-refractivity contribution in [2.75, 3.05) is 13.3 Å². The second-order valence-electron chi connectivity index (χ2n) is 9.44. The van der Waals surface area contributed by atoms with Crippen LogP contribution in [0.15, 0.2) is 77.2 Å². The van der Waals surface area contributed by atoms with Crippen LogP contribution in [0, 0.1) is 0 Å². The number of amides is 1. The summed E-state index contributed by atoms with van der Waals surface area (Å²) in [6, 6.07) is 13.1. The molecule has 4 heterocycles. The van der Waals surface area contributed by atoms with Gasteiger partial charge < -0.3 is 14.7 Å². The van der Waals surface area contributed by atoms with Crippen molar-refractivity contribution in [1.82, 2.24) is 14.9 Å². The van der Waals surface area contributed by atoms with Gasteiger partial charge in [0.1, 0.15) is 6.04 Å². The molecule has 6 rings (SSSR count). The zero-order valence-electron chi connectivity index (χ0n) is 19.6. The summed E-state index contributed by atoms with van der Waals surface area (Å²) in [5.74, 6) is -1.25. The van der Waals surface area contributed by atoms with Crippen LogP contribution >= 0.6 is 11.8 Å². The van der Waals surface area contributed by atoms with Gasteiger partial charge >= 0.3 is 6.18 Å². The number of hydrazine groups is 1. The summed E-state index contributed by atoms with van der Waals surface area (Å²) in [5, 5.41) is 14.4. The van der Waals surface area contributed by atoms with Crippen LogP contribution < -0.4 is 0 Å². The minimum absolute atomic E-state index is 0.104. The number of nitrogens with zero attached hydrogens (tertiary/aromatic N) is 3. The first-order valence-corrected chi connectivity index (χ1v) is 12.6. The fraction of sp³-hybridized carbons (Fsp3) is 0.346. The number of hydrogen-bond acceptors (Lipinski definition) is 6. The summed E-state index contributed by atoms with van der Waals surface area (Å²) in [5.41, 5.74) is 1.56. The summed E-state index contributed by atoms with van der Waals surface area (Å²) in [4.78, 5) is 15.3. The van der Waals surface area contributed by atoms with Crippen molar-refractivity contribution in [1.29, 1.82) is 0 Å². The van der Waals surface area contributed by atoms with Gasteiger partial charge in [-0.2, -0.15) is 18.2 Å². The van der Waals surface area contributed by atoms with Crippen molar-refractivity contribution in [3.63, 3.8) is 0 Å². The van der Waals surface area contributed by atoms with Gasteiger partial charge in [0.05, 0.1) is 19.3 Å². The topological polar surface area (TPSA) is 59.6 Å². The average molecular weight is 516 g/mol. The molecule has 4 atom stereocenters. The highest BCUT2D eigenvalue weighted by Crippen LogP contribution is 2.51. The first-order chi connectivity index (χ1) is 17.1. The van der Waals surface area contributed by atoms with Crippen LogP contribution in [0.1, 0.15) is 41.8 Å². The molecule has 0 aliphatic carbocycles. The van der Waals surface area contributed by atoms with E-state index in [9.17, 15) is 23.1 Å². The molecule has 0 saturated carbocycles. The van der Waals surface area contributed by atoms with Crippen molar-refractivity contribution in [3.8, 4) is 0 Å². The molecule has 1 unspecified atom stereocenters. The summed E-state index contributed by atoms with van der Waals surface area (Å²) in [7, 11) is 0. The number of thioether (sulfide) groups is 1. The number of ether oxygens (including phenoxy) is 1. The maximum absolute atomic E-state index is 13.9. The Morgan fingerprint density at radius 3 is 2.42 bits per heavy atom. The Balaban J connectivity index is 1.56. The van der Waals surface area contributed by atoms with E-state index in [1.165, 1.54) is 5.01 Å². The predicted octanol–water partition coefficient (Wildman–Crippen LogP) is 5.28. The molecular weight excluding hydrogens is 491 g/mol. The normalized spacial score (nSPS) is 28.5. The van der Waals surface area contributed by atoms with Gasteiger partial charge in [-0.15, -0.1) is 11.8 Å². The molecule has 1 N–H and O–H groups in total. The number of rotatable bonds is 2. The monoisotopic (exact) mass is 515 g/mol. The fourth-order valence-corrected chi connectivity index (χ4v) is 6.36. The Hall–Kier alpha value is -2.95. The molecule has 4 aliphatic heterocycles. The predicted molar refractivity (Wildman–Crippen MR) is 127 cm³/mol. The van der Waals surface area contributed by atoms with Crippen LogP contribution in [-0.2, 0) is 9.53 Å². The summed E-state index contributed by atoms with van der Waals surface area (Å²) < 4.78 is 47.1. The molecule has 6 nitrogen and oxygen atoms in total. The number of alkyl halides is 3. The van der Waals surface area contributed by atoms with E-state index in [1.807, 2.05) is 48.5 Å². The number of fused-ring (bicyclic) bond motifs is 3. The van der Waals surface area contributed by atoms with Crippen molar-refractivity contribution in [2.45, 2.75) is 47.9 Å².